The summed E-state index contributed by atoms with van der Waals surface area (Å²) >= 11 is 0. The molecule has 0 aromatic heterocycles. The van der Waals surface area contributed by atoms with Crippen LogP contribution in [0.2, 0.25) is 0 Å². The highest BCUT2D eigenvalue weighted by atomic mass is 16.1. The van der Waals surface area contributed by atoms with Crippen LogP contribution >= 0.6 is 0 Å². The second-order valence-electron chi connectivity index (χ2n) is 4.44. The van der Waals surface area contributed by atoms with Crippen molar-refractivity contribution in [2.45, 2.75) is 25.7 Å². The SMILES string of the molecule is O=C1C=CC=c2ccc3c(c21)CCCCC=3. The third kappa shape index (κ3) is 1.44. The van der Waals surface area contributed by atoms with Crippen LogP contribution in [0.5, 0.6) is 0 Å². The maximum atomic E-state index is 11.9. The Hall–Kier alpha value is -1.63. The van der Waals surface area contributed by atoms with Crippen molar-refractivity contribution < 1.29 is 4.79 Å². The summed E-state index contributed by atoms with van der Waals surface area (Å²) in [6, 6.07) is 4.22. The van der Waals surface area contributed by atoms with Gasteiger partial charge in [-0.1, -0.05) is 30.4 Å². The van der Waals surface area contributed by atoms with E-state index in [1.807, 2.05) is 12.2 Å². The van der Waals surface area contributed by atoms with E-state index in [1.165, 1.54) is 23.6 Å². The van der Waals surface area contributed by atoms with Crippen LogP contribution in [0.4, 0.5) is 0 Å². The second kappa shape index (κ2) is 3.75. The lowest BCUT2D eigenvalue weighted by Gasteiger charge is -2.09. The van der Waals surface area contributed by atoms with E-state index in [-0.39, 0.29) is 5.78 Å². The summed E-state index contributed by atoms with van der Waals surface area (Å²) in [6.07, 6.45) is 12.4. The summed E-state index contributed by atoms with van der Waals surface area (Å²) in [5.41, 5.74) is 2.21. The topological polar surface area (TPSA) is 17.1 Å². The number of hydrogen-bond donors (Lipinski definition) is 0. The number of ketones is 1. The van der Waals surface area contributed by atoms with Crippen LogP contribution in [0.3, 0.4) is 0 Å². The van der Waals surface area contributed by atoms with Gasteiger partial charge in [0, 0.05) is 5.56 Å². The monoisotopic (exact) mass is 210 g/mol. The zero-order chi connectivity index (χ0) is 11.0. The van der Waals surface area contributed by atoms with E-state index in [0.29, 0.717) is 0 Å². The van der Waals surface area contributed by atoms with E-state index >= 15 is 0 Å². The molecule has 0 bridgehead atoms. The standard InChI is InChI=1S/C15H14O/c16-14-8-4-6-12-10-9-11-5-2-1-3-7-13(11)15(12)14/h4-6,8-10H,1-3,7H2. The Morgan fingerprint density at radius 2 is 1.94 bits per heavy atom. The summed E-state index contributed by atoms with van der Waals surface area (Å²) in [5, 5.41) is 2.36. The Labute approximate surface area is 94.8 Å². The molecule has 0 heterocycles. The van der Waals surface area contributed by atoms with E-state index in [4.69, 9.17) is 0 Å². The summed E-state index contributed by atoms with van der Waals surface area (Å²) in [4.78, 5) is 11.9. The minimum absolute atomic E-state index is 0.171. The van der Waals surface area contributed by atoms with E-state index in [0.717, 1.165) is 23.6 Å². The van der Waals surface area contributed by atoms with Gasteiger partial charge >= 0.3 is 0 Å². The van der Waals surface area contributed by atoms with Crippen LogP contribution in [0, 0.1) is 0 Å². The van der Waals surface area contributed by atoms with E-state index < -0.39 is 0 Å². The van der Waals surface area contributed by atoms with Crippen LogP contribution in [0.1, 0.15) is 35.2 Å². The molecule has 1 nitrogen and oxygen atoms in total. The van der Waals surface area contributed by atoms with Crippen molar-refractivity contribution in [3.63, 3.8) is 0 Å². The number of rotatable bonds is 0. The van der Waals surface area contributed by atoms with Gasteiger partial charge in [-0.25, -0.2) is 0 Å². The molecule has 1 aromatic carbocycles. The van der Waals surface area contributed by atoms with Gasteiger partial charge < -0.3 is 0 Å². The van der Waals surface area contributed by atoms with Gasteiger partial charge in [-0.05, 0) is 47.8 Å². The van der Waals surface area contributed by atoms with Crippen LogP contribution in [-0.4, -0.2) is 5.78 Å². The molecule has 0 unspecified atom stereocenters. The first kappa shape index (κ1) is 9.59. The van der Waals surface area contributed by atoms with Crippen LogP contribution in [0.15, 0.2) is 24.3 Å². The van der Waals surface area contributed by atoms with Crippen molar-refractivity contribution in [1.82, 2.24) is 0 Å². The van der Waals surface area contributed by atoms with Crippen molar-refractivity contribution >= 4 is 17.9 Å². The molecule has 0 aliphatic heterocycles. The fourth-order valence-electron chi connectivity index (χ4n) is 2.60. The van der Waals surface area contributed by atoms with Gasteiger partial charge in [0.05, 0.1) is 0 Å². The highest BCUT2D eigenvalue weighted by Crippen LogP contribution is 2.12. The average molecular weight is 210 g/mol. The fourth-order valence-corrected chi connectivity index (χ4v) is 2.60. The molecule has 0 radical (unpaired) electrons. The Morgan fingerprint density at radius 1 is 1.06 bits per heavy atom. The first-order valence-corrected chi connectivity index (χ1v) is 5.91. The highest BCUT2D eigenvalue weighted by molar-refractivity contribution is 6.07. The summed E-state index contributed by atoms with van der Waals surface area (Å²) < 4.78 is 0. The predicted octanol–water partition coefficient (Wildman–Crippen LogP) is 1.73. The van der Waals surface area contributed by atoms with Crippen LogP contribution in [-0.2, 0) is 6.42 Å². The van der Waals surface area contributed by atoms with E-state index in [9.17, 15) is 4.79 Å². The molecule has 16 heavy (non-hydrogen) atoms. The van der Waals surface area contributed by atoms with Crippen molar-refractivity contribution in [2.75, 3.05) is 0 Å². The number of fused-ring (bicyclic) bond motifs is 3. The highest BCUT2D eigenvalue weighted by Gasteiger charge is 2.14. The summed E-state index contributed by atoms with van der Waals surface area (Å²) in [6.45, 7) is 0. The Morgan fingerprint density at radius 3 is 2.88 bits per heavy atom. The largest absolute Gasteiger partial charge is 0.289 e. The molecule has 2 aliphatic carbocycles. The number of carbonyl (C=O) groups excluding carboxylic acids is 1. The van der Waals surface area contributed by atoms with Gasteiger partial charge in [-0.15, -0.1) is 0 Å². The molecular formula is C15H14O. The maximum Gasteiger partial charge on any atom is 0.186 e. The Balaban J connectivity index is 2.36. The first-order valence-electron chi connectivity index (χ1n) is 5.91. The molecule has 1 aromatic rings. The van der Waals surface area contributed by atoms with Gasteiger partial charge in [-0.3, -0.25) is 4.79 Å². The molecule has 0 fully saturated rings. The minimum Gasteiger partial charge on any atom is -0.289 e. The van der Waals surface area contributed by atoms with Gasteiger partial charge in [0.25, 0.3) is 0 Å². The van der Waals surface area contributed by atoms with E-state index in [2.05, 4.69) is 18.2 Å². The van der Waals surface area contributed by atoms with E-state index in [1.54, 1.807) is 6.08 Å². The maximum absolute atomic E-state index is 11.9. The smallest absolute Gasteiger partial charge is 0.186 e. The first-order chi connectivity index (χ1) is 7.86. The normalized spacial score (nSPS) is 17.9. The molecule has 0 spiro atoms. The number of carbonyl (C=O) groups is 1. The molecule has 1 heteroatoms. The Kier molecular flexibility index (Phi) is 2.24. The molecule has 0 atom stereocenters. The molecule has 0 saturated heterocycles. The summed E-state index contributed by atoms with van der Waals surface area (Å²) in [7, 11) is 0. The predicted molar refractivity (Wildman–Crippen MR) is 65.6 cm³/mol. The molecule has 0 saturated carbocycles. The van der Waals surface area contributed by atoms with Crippen LogP contribution < -0.4 is 10.4 Å². The van der Waals surface area contributed by atoms with Gasteiger partial charge in [0.15, 0.2) is 5.78 Å². The van der Waals surface area contributed by atoms with Gasteiger partial charge in [0.1, 0.15) is 0 Å². The molecule has 80 valence electrons. The van der Waals surface area contributed by atoms with Crippen molar-refractivity contribution in [3.8, 4) is 0 Å². The Bertz CT molecular complexity index is 591. The van der Waals surface area contributed by atoms with Crippen molar-refractivity contribution in [3.05, 3.63) is 45.8 Å². The zero-order valence-electron chi connectivity index (χ0n) is 9.20. The van der Waals surface area contributed by atoms with Crippen LogP contribution in [0.25, 0.3) is 12.2 Å². The number of benzene rings is 1. The quantitative estimate of drug-likeness (QED) is 0.637. The molecule has 3 rings (SSSR count). The van der Waals surface area contributed by atoms with Gasteiger partial charge in [-0.2, -0.15) is 0 Å². The average Bonchev–Trinajstić information content (AvgIpc) is 2.54. The lowest BCUT2D eigenvalue weighted by Crippen LogP contribution is -2.25. The summed E-state index contributed by atoms with van der Waals surface area (Å²) in [5.74, 6) is 0.171. The lowest BCUT2D eigenvalue weighted by molar-refractivity contribution is 0.104. The zero-order valence-corrected chi connectivity index (χ0v) is 9.20. The second-order valence-corrected chi connectivity index (χ2v) is 4.44. The molecule has 0 amide bonds. The third-order valence-electron chi connectivity index (χ3n) is 3.40. The fraction of sp³-hybridized carbons (Fsp3) is 0.267. The van der Waals surface area contributed by atoms with Gasteiger partial charge in [0.2, 0.25) is 0 Å². The number of allylic oxidation sites excluding steroid dienone is 2. The number of hydrogen-bond acceptors (Lipinski definition) is 1. The molecular weight excluding hydrogens is 196 g/mol. The minimum atomic E-state index is 0.171. The molecule has 2 aliphatic rings. The molecule has 0 N–H and O–H groups in total. The van der Waals surface area contributed by atoms with Crippen molar-refractivity contribution in [1.29, 1.82) is 0 Å². The lowest BCUT2D eigenvalue weighted by atomic mass is 9.93. The third-order valence-corrected chi connectivity index (χ3v) is 3.40. The van der Waals surface area contributed by atoms with Crippen molar-refractivity contribution in [2.24, 2.45) is 0 Å².